The highest BCUT2D eigenvalue weighted by Crippen LogP contribution is 2.26. The highest BCUT2D eigenvalue weighted by atomic mass is 16.4. The summed E-state index contributed by atoms with van der Waals surface area (Å²) in [6.45, 7) is 2.79. The number of rotatable bonds is 9. The number of aliphatic carboxylic acids is 1. The number of nitrogens with two attached hydrogens (primary N) is 1. The SMILES string of the molecule is C[C@@](CCC(NC(=N)N)C(=O)C1NCCc2ccccc21)(NC(=O)[C@@H]1CCCN1)C(=O)O. The van der Waals surface area contributed by atoms with Gasteiger partial charge in [0.15, 0.2) is 11.7 Å². The van der Waals surface area contributed by atoms with E-state index in [1.807, 2.05) is 24.3 Å². The smallest absolute Gasteiger partial charge is 0.329 e. The summed E-state index contributed by atoms with van der Waals surface area (Å²) in [5, 5.41) is 29.0. The molecule has 1 saturated heterocycles. The Morgan fingerprint density at radius 1 is 1.28 bits per heavy atom. The summed E-state index contributed by atoms with van der Waals surface area (Å²) in [5.41, 5.74) is 5.92. The average molecular weight is 445 g/mol. The zero-order valence-corrected chi connectivity index (χ0v) is 18.2. The lowest BCUT2D eigenvalue weighted by Gasteiger charge is -2.32. The molecule has 174 valence electrons. The molecule has 3 rings (SSSR count). The number of nitrogens with one attached hydrogen (secondary N) is 5. The zero-order chi connectivity index (χ0) is 23.3. The van der Waals surface area contributed by atoms with Crippen molar-refractivity contribution in [3.05, 3.63) is 35.4 Å². The van der Waals surface area contributed by atoms with Crippen LogP contribution in [0.1, 0.15) is 49.8 Å². The van der Waals surface area contributed by atoms with Gasteiger partial charge in [-0.3, -0.25) is 15.0 Å². The van der Waals surface area contributed by atoms with Crippen molar-refractivity contribution in [1.82, 2.24) is 21.3 Å². The van der Waals surface area contributed by atoms with Gasteiger partial charge in [0.2, 0.25) is 5.91 Å². The first-order valence-corrected chi connectivity index (χ1v) is 11.0. The minimum atomic E-state index is -1.56. The Morgan fingerprint density at radius 3 is 2.69 bits per heavy atom. The van der Waals surface area contributed by atoms with E-state index >= 15 is 0 Å². The molecule has 1 aromatic rings. The molecular weight excluding hydrogens is 412 g/mol. The van der Waals surface area contributed by atoms with E-state index < -0.39 is 29.6 Å². The number of hydrogen-bond donors (Lipinski definition) is 7. The highest BCUT2D eigenvalue weighted by Gasteiger charge is 2.39. The van der Waals surface area contributed by atoms with Crippen molar-refractivity contribution >= 4 is 23.6 Å². The second kappa shape index (κ2) is 10.1. The molecule has 0 radical (unpaired) electrons. The number of carboxylic acid groups (broad SMARTS) is 1. The van der Waals surface area contributed by atoms with E-state index in [1.54, 1.807) is 0 Å². The number of benzene rings is 1. The maximum absolute atomic E-state index is 13.4. The molecule has 0 saturated carbocycles. The van der Waals surface area contributed by atoms with Gasteiger partial charge in [-0.2, -0.15) is 0 Å². The Bertz CT molecular complexity index is 885. The van der Waals surface area contributed by atoms with Gasteiger partial charge in [-0.15, -0.1) is 0 Å². The molecule has 32 heavy (non-hydrogen) atoms. The summed E-state index contributed by atoms with van der Waals surface area (Å²) in [5.74, 6) is -2.13. The molecule has 1 fully saturated rings. The molecule has 0 aromatic heterocycles. The second-order valence-electron chi connectivity index (χ2n) is 8.66. The zero-order valence-electron chi connectivity index (χ0n) is 18.2. The number of carbonyl (C=O) groups is 3. The van der Waals surface area contributed by atoms with Crippen LogP contribution in [0, 0.1) is 5.41 Å². The predicted molar refractivity (Wildman–Crippen MR) is 119 cm³/mol. The van der Waals surface area contributed by atoms with Crippen molar-refractivity contribution in [2.75, 3.05) is 13.1 Å². The average Bonchev–Trinajstić information content (AvgIpc) is 3.30. The summed E-state index contributed by atoms with van der Waals surface area (Å²) in [7, 11) is 0. The molecule has 2 unspecified atom stereocenters. The van der Waals surface area contributed by atoms with Crippen LogP contribution in [-0.2, 0) is 20.8 Å². The van der Waals surface area contributed by atoms with Gasteiger partial charge in [0.25, 0.3) is 0 Å². The van der Waals surface area contributed by atoms with Gasteiger partial charge >= 0.3 is 5.97 Å². The maximum atomic E-state index is 13.4. The first-order chi connectivity index (χ1) is 15.2. The quantitative estimate of drug-likeness (QED) is 0.203. The van der Waals surface area contributed by atoms with Crippen molar-refractivity contribution in [2.45, 2.75) is 62.7 Å². The lowest BCUT2D eigenvalue weighted by atomic mass is 9.86. The van der Waals surface area contributed by atoms with Crippen LogP contribution in [0.3, 0.4) is 0 Å². The molecule has 0 spiro atoms. The highest BCUT2D eigenvalue weighted by molar-refractivity contribution is 5.94. The molecule has 2 aliphatic heterocycles. The fraction of sp³-hybridized carbons (Fsp3) is 0.545. The predicted octanol–water partition coefficient (Wildman–Crippen LogP) is -0.214. The van der Waals surface area contributed by atoms with Crippen LogP contribution in [0.5, 0.6) is 0 Å². The van der Waals surface area contributed by atoms with Crippen LogP contribution in [0.4, 0.5) is 0 Å². The van der Waals surface area contributed by atoms with Gasteiger partial charge in [-0.1, -0.05) is 24.3 Å². The van der Waals surface area contributed by atoms with Gasteiger partial charge < -0.3 is 32.1 Å². The Morgan fingerprint density at radius 2 is 2.03 bits per heavy atom. The molecule has 10 nitrogen and oxygen atoms in total. The van der Waals surface area contributed by atoms with E-state index in [1.165, 1.54) is 6.92 Å². The molecule has 0 bridgehead atoms. The number of fused-ring (bicyclic) bond motifs is 1. The van der Waals surface area contributed by atoms with Crippen molar-refractivity contribution in [3.8, 4) is 0 Å². The van der Waals surface area contributed by atoms with Crippen molar-refractivity contribution < 1.29 is 19.5 Å². The van der Waals surface area contributed by atoms with E-state index in [0.29, 0.717) is 13.0 Å². The van der Waals surface area contributed by atoms with E-state index in [4.69, 9.17) is 11.1 Å². The lowest BCUT2D eigenvalue weighted by Crippen LogP contribution is -2.57. The minimum Gasteiger partial charge on any atom is -0.480 e. The number of guanidine groups is 1. The number of carbonyl (C=O) groups excluding carboxylic acids is 2. The first kappa shape index (κ1) is 23.7. The second-order valence-corrected chi connectivity index (χ2v) is 8.66. The van der Waals surface area contributed by atoms with Crippen molar-refractivity contribution in [3.63, 3.8) is 0 Å². The Kier molecular flexibility index (Phi) is 7.47. The van der Waals surface area contributed by atoms with Gasteiger partial charge in [0.1, 0.15) is 5.54 Å². The van der Waals surface area contributed by atoms with Crippen LogP contribution in [0.2, 0.25) is 0 Å². The van der Waals surface area contributed by atoms with Crippen LogP contribution >= 0.6 is 0 Å². The fourth-order valence-corrected chi connectivity index (χ4v) is 4.36. The number of Topliss-reactive ketones (excluding diaryl/α,β-unsaturated/α-hetero) is 1. The summed E-state index contributed by atoms with van der Waals surface area (Å²) in [6.07, 6.45) is 2.40. The number of carboxylic acids is 1. The largest absolute Gasteiger partial charge is 0.480 e. The molecule has 2 aliphatic rings. The number of ketones is 1. The summed E-state index contributed by atoms with van der Waals surface area (Å²) < 4.78 is 0. The molecular formula is C22H32N6O4. The Balaban J connectivity index is 1.74. The third-order valence-corrected chi connectivity index (χ3v) is 6.25. The summed E-state index contributed by atoms with van der Waals surface area (Å²) in [4.78, 5) is 37.9. The van der Waals surface area contributed by atoms with Gasteiger partial charge in [-0.05, 0) is 56.7 Å². The Hall–Kier alpha value is -2.98. The van der Waals surface area contributed by atoms with Gasteiger partial charge in [-0.25, -0.2) is 4.79 Å². The molecule has 1 aromatic carbocycles. The normalized spacial score (nSPS) is 22.8. The maximum Gasteiger partial charge on any atom is 0.329 e. The van der Waals surface area contributed by atoms with Crippen LogP contribution < -0.4 is 27.0 Å². The molecule has 2 heterocycles. The topological polar surface area (TPSA) is 169 Å². The van der Waals surface area contributed by atoms with Gasteiger partial charge in [0, 0.05) is 6.54 Å². The van der Waals surface area contributed by atoms with Crippen molar-refractivity contribution in [1.29, 1.82) is 5.41 Å². The summed E-state index contributed by atoms with van der Waals surface area (Å²) >= 11 is 0. The number of hydrogen-bond acceptors (Lipinski definition) is 6. The fourth-order valence-electron chi connectivity index (χ4n) is 4.36. The van der Waals surface area contributed by atoms with Gasteiger partial charge in [0.05, 0.1) is 18.1 Å². The minimum absolute atomic E-state index is 0.00809. The van der Waals surface area contributed by atoms with Crippen LogP contribution in [-0.4, -0.2) is 59.4 Å². The molecule has 4 atom stereocenters. The Labute approximate surface area is 187 Å². The molecule has 0 aliphatic carbocycles. The van der Waals surface area contributed by atoms with Crippen LogP contribution in [0.25, 0.3) is 0 Å². The monoisotopic (exact) mass is 444 g/mol. The molecule has 8 N–H and O–H groups in total. The van der Waals surface area contributed by atoms with E-state index in [2.05, 4.69) is 21.3 Å². The third-order valence-electron chi connectivity index (χ3n) is 6.25. The first-order valence-electron chi connectivity index (χ1n) is 11.0. The van der Waals surface area contributed by atoms with E-state index in [9.17, 15) is 19.5 Å². The van der Waals surface area contributed by atoms with E-state index in [0.717, 1.165) is 30.5 Å². The molecule has 10 heteroatoms. The van der Waals surface area contributed by atoms with Crippen LogP contribution in [0.15, 0.2) is 24.3 Å². The molecule has 1 amide bonds. The lowest BCUT2D eigenvalue weighted by molar-refractivity contribution is -0.147. The van der Waals surface area contributed by atoms with Crippen molar-refractivity contribution in [2.24, 2.45) is 5.73 Å². The standard InChI is InChI=1S/C22H32N6O4/c1-22(20(31)32,28-19(30)16-7-4-11-25-16)10-8-15(27-21(23)24)18(29)17-14-6-3-2-5-13(14)9-12-26-17/h2-3,5-6,15-17,25-26H,4,7-12H2,1H3,(H,28,30)(H,31,32)(H4,23,24,27)/t15?,16-,17?,22-/m0/s1. The number of amides is 1. The third kappa shape index (κ3) is 5.43. The van der Waals surface area contributed by atoms with E-state index in [-0.39, 0.29) is 30.5 Å². The summed E-state index contributed by atoms with van der Waals surface area (Å²) in [6, 6.07) is 5.80.